The van der Waals surface area contributed by atoms with Crippen molar-refractivity contribution in [1.82, 2.24) is 0 Å². The van der Waals surface area contributed by atoms with Crippen LogP contribution in [0.3, 0.4) is 0 Å². The van der Waals surface area contributed by atoms with Crippen molar-refractivity contribution in [3.05, 3.63) is 52.0 Å². The molecule has 2 aromatic carbocycles. The van der Waals surface area contributed by atoms with Crippen LogP contribution in [0.2, 0.25) is 10.0 Å². The zero-order valence-corrected chi connectivity index (χ0v) is 16.7. The number of rotatable bonds is 7. The Morgan fingerprint density at radius 2 is 1.79 bits per heavy atom. The number of carboxylic acids is 1. The monoisotopic (exact) mass is 434 g/mol. The van der Waals surface area contributed by atoms with Crippen LogP contribution in [0.1, 0.15) is 31.7 Å². The second-order valence-electron chi connectivity index (χ2n) is 6.81. The molecular weight excluding hydrogens is 416 g/mol. The van der Waals surface area contributed by atoms with Gasteiger partial charge in [0.2, 0.25) is 0 Å². The van der Waals surface area contributed by atoms with Crippen LogP contribution in [0.5, 0.6) is 5.75 Å². The van der Waals surface area contributed by atoms with Crippen molar-refractivity contribution >= 4 is 29.2 Å². The second kappa shape index (κ2) is 9.05. The lowest BCUT2D eigenvalue weighted by Crippen LogP contribution is -2.20. The maximum Gasteiger partial charge on any atom is 0.422 e. The number of carboxylic acid groups (broad SMARTS) is 1. The quantitative estimate of drug-likeness (QED) is 0.520. The number of hydrogen-bond acceptors (Lipinski definition) is 2. The van der Waals surface area contributed by atoms with Crippen LogP contribution in [0, 0.1) is 5.92 Å². The molecule has 152 valence electrons. The van der Waals surface area contributed by atoms with E-state index in [1.807, 2.05) is 13.8 Å². The fourth-order valence-corrected chi connectivity index (χ4v) is 3.09. The molecule has 2 rings (SSSR count). The average molecular weight is 435 g/mol. The third-order valence-corrected chi connectivity index (χ3v) is 4.77. The Morgan fingerprint density at radius 1 is 1.11 bits per heavy atom. The number of ether oxygens (including phenoxy) is 1. The third-order valence-electron chi connectivity index (χ3n) is 4.04. The number of aliphatic carboxylic acids is 1. The highest BCUT2D eigenvalue weighted by Crippen LogP contribution is 2.37. The molecule has 1 N–H and O–H groups in total. The first-order valence-corrected chi connectivity index (χ1v) is 9.25. The molecule has 0 radical (unpaired) electrons. The van der Waals surface area contributed by atoms with E-state index >= 15 is 0 Å². The Balaban J connectivity index is 2.52. The maximum absolute atomic E-state index is 12.7. The van der Waals surface area contributed by atoms with Gasteiger partial charge in [0, 0.05) is 5.56 Å². The Kier molecular flexibility index (Phi) is 7.23. The number of alkyl halides is 3. The minimum absolute atomic E-state index is 0.0665. The number of carbonyl (C=O) groups is 1. The molecule has 28 heavy (non-hydrogen) atoms. The van der Waals surface area contributed by atoms with E-state index < -0.39 is 24.7 Å². The van der Waals surface area contributed by atoms with E-state index in [1.165, 1.54) is 24.3 Å². The molecule has 0 aromatic heterocycles. The molecule has 0 fully saturated rings. The highest BCUT2D eigenvalue weighted by Gasteiger charge is 2.29. The van der Waals surface area contributed by atoms with Crippen LogP contribution in [0.25, 0.3) is 11.1 Å². The Hall–Kier alpha value is -1.92. The third kappa shape index (κ3) is 6.04. The van der Waals surface area contributed by atoms with Gasteiger partial charge in [-0.05, 0) is 41.7 Å². The summed E-state index contributed by atoms with van der Waals surface area (Å²) in [4.78, 5) is 11.6. The normalized spacial score (nSPS) is 12.9. The van der Waals surface area contributed by atoms with Gasteiger partial charge in [0.05, 0.1) is 16.0 Å². The number of hydrogen-bond donors (Lipinski definition) is 1. The van der Waals surface area contributed by atoms with Gasteiger partial charge in [0.25, 0.3) is 0 Å². The van der Waals surface area contributed by atoms with Crippen molar-refractivity contribution in [2.75, 3.05) is 6.61 Å². The highest BCUT2D eigenvalue weighted by atomic mass is 35.5. The minimum atomic E-state index is -4.53. The van der Waals surface area contributed by atoms with E-state index in [1.54, 1.807) is 12.1 Å². The Labute approximate surface area is 171 Å². The topological polar surface area (TPSA) is 46.5 Å². The highest BCUT2D eigenvalue weighted by molar-refractivity contribution is 6.42. The summed E-state index contributed by atoms with van der Waals surface area (Å²) in [5.41, 5.74) is 1.25. The van der Waals surface area contributed by atoms with Gasteiger partial charge in [-0.1, -0.05) is 55.2 Å². The molecule has 0 aliphatic heterocycles. The maximum atomic E-state index is 12.7. The minimum Gasteiger partial charge on any atom is -0.483 e. The average Bonchev–Trinajstić information content (AvgIpc) is 2.59. The fraction of sp³-hybridized carbons (Fsp3) is 0.350. The molecule has 0 aliphatic carbocycles. The van der Waals surface area contributed by atoms with E-state index in [4.69, 9.17) is 27.9 Å². The van der Waals surface area contributed by atoms with Crippen molar-refractivity contribution in [3.8, 4) is 16.9 Å². The van der Waals surface area contributed by atoms with E-state index in [0.717, 1.165) is 0 Å². The van der Waals surface area contributed by atoms with E-state index in [-0.39, 0.29) is 16.7 Å². The SMILES string of the molecule is CC(C)CC(C(=O)O)c1ccc(-c2ccc(Cl)c(Cl)c2)c(OCC(F)(F)F)c1. The largest absolute Gasteiger partial charge is 0.483 e. The number of halogens is 5. The molecule has 8 heteroatoms. The predicted molar refractivity (Wildman–Crippen MR) is 103 cm³/mol. The van der Waals surface area contributed by atoms with Crippen LogP contribution in [-0.4, -0.2) is 23.9 Å². The van der Waals surface area contributed by atoms with Crippen LogP contribution < -0.4 is 4.74 Å². The van der Waals surface area contributed by atoms with Crippen LogP contribution in [-0.2, 0) is 4.79 Å². The van der Waals surface area contributed by atoms with Crippen LogP contribution in [0.15, 0.2) is 36.4 Å². The summed E-state index contributed by atoms with van der Waals surface area (Å²) in [6.07, 6.45) is -4.19. The molecule has 0 spiro atoms. The first kappa shape index (κ1) is 22.4. The second-order valence-corrected chi connectivity index (χ2v) is 7.62. The summed E-state index contributed by atoms with van der Waals surface area (Å²) < 4.78 is 43.1. The molecule has 0 aliphatic rings. The molecule has 0 amide bonds. The van der Waals surface area contributed by atoms with E-state index in [9.17, 15) is 23.1 Å². The summed E-state index contributed by atoms with van der Waals surface area (Å²) in [6, 6.07) is 9.12. The lowest BCUT2D eigenvalue weighted by Gasteiger charge is -2.19. The summed E-state index contributed by atoms with van der Waals surface area (Å²) in [5.74, 6) is -1.87. The molecule has 0 heterocycles. The fourth-order valence-electron chi connectivity index (χ4n) is 2.79. The van der Waals surface area contributed by atoms with Crippen molar-refractivity contribution in [2.45, 2.75) is 32.4 Å². The lowest BCUT2D eigenvalue weighted by atomic mass is 9.89. The van der Waals surface area contributed by atoms with E-state index in [2.05, 4.69) is 0 Å². The van der Waals surface area contributed by atoms with Crippen molar-refractivity contribution in [2.24, 2.45) is 5.92 Å². The predicted octanol–water partition coefficient (Wildman–Crippen LogP) is 6.82. The number of benzene rings is 2. The lowest BCUT2D eigenvalue weighted by molar-refractivity contribution is -0.153. The van der Waals surface area contributed by atoms with E-state index in [0.29, 0.717) is 28.1 Å². The molecule has 1 unspecified atom stereocenters. The van der Waals surface area contributed by atoms with Gasteiger partial charge in [0.15, 0.2) is 6.61 Å². The van der Waals surface area contributed by atoms with Gasteiger partial charge in [-0.2, -0.15) is 13.2 Å². The van der Waals surface area contributed by atoms with Gasteiger partial charge in [-0.3, -0.25) is 4.79 Å². The molecule has 0 bridgehead atoms. The smallest absolute Gasteiger partial charge is 0.422 e. The summed E-state index contributed by atoms with van der Waals surface area (Å²) in [6.45, 7) is 2.26. The Morgan fingerprint density at radius 3 is 2.32 bits per heavy atom. The van der Waals surface area contributed by atoms with Gasteiger partial charge >= 0.3 is 12.1 Å². The first-order chi connectivity index (χ1) is 13.0. The molecular formula is C20H19Cl2F3O3. The summed E-state index contributed by atoms with van der Waals surface area (Å²) in [7, 11) is 0. The zero-order valence-electron chi connectivity index (χ0n) is 15.2. The van der Waals surface area contributed by atoms with Crippen molar-refractivity contribution in [1.29, 1.82) is 0 Å². The molecule has 0 saturated heterocycles. The molecule has 1 atom stereocenters. The Bertz CT molecular complexity index is 851. The van der Waals surface area contributed by atoms with Crippen molar-refractivity contribution < 1.29 is 27.8 Å². The van der Waals surface area contributed by atoms with Crippen molar-refractivity contribution in [3.63, 3.8) is 0 Å². The van der Waals surface area contributed by atoms with Crippen LogP contribution >= 0.6 is 23.2 Å². The van der Waals surface area contributed by atoms with Gasteiger partial charge < -0.3 is 9.84 Å². The van der Waals surface area contributed by atoms with Gasteiger partial charge in [-0.25, -0.2) is 0 Å². The van der Waals surface area contributed by atoms with Gasteiger partial charge in [0.1, 0.15) is 5.75 Å². The first-order valence-electron chi connectivity index (χ1n) is 8.49. The molecule has 3 nitrogen and oxygen atoms in total. The molecule has 2 aromatic rings. The zero-order chi connectivity index (χ0) is 21.1. The summed E-state index contributed by atoms with van der Waals surface area (Å²) >= 11 is 11.9. The van der Waals surface area contributed by atoms with Gasteiger partial charge in [-0.15, -0.1) is 0 Å². The standard InChI is InChI=1S/C20H19Cl2F3O3/c1-11(2)7-15(19(26)27)13-3-5-14(12-4-6-16(21)17(22)8-12)18(9-13)28-10-20(23,24)25/h3-6,8-9,11,15H,7,10H2,1-2H3,(H,26,27). The van der Waals surface area contributed by atoms with Crippen LogP contribution in [0.4, 0.5) is 13.2 Å². The molecule has 0 saturated carbocycles. The summed E-state index contributed by atoms with van der Waals surface area (Å²) in [5, 5.41) is 10.1.